The average molecular weight is 319 g/mol. The second-order valence-corrected chi connectivity index (χ2v) is 6.03. The van der Waals surface area contributed by atoms with Crippen molar-refractivity contribution in [1.82, 2.24) is 15.1 Å². The maximum Gasteiger partial charge on any atom is 0.250 e. The largest absolute Gasteiger partial charge is 0.472 e. The zero-order valence-corrected chi connectivity index (χ0v) is 13.0. The summed E-state index contributed by atoms with van der Waals surface area (Å²) >= 11 is 0. The molecule has 7 nitrogen and oxygen atoms in total. The van der Waals surface area contributed by atoms with Gasteiger partial charge in [-0.2, -0.15) is 0 Å². The summed E-state index contributed by atoms with van der Waals surface area (Å²) in [6.45, 7) is 4.55. The number of ether oxygens (including phenoxy) is 2. The van der Waals surface area contributed by atoms with Gasteiger partial charge in [0.25, 0.3) is 5.89 Å². The summed E-state index contributed by atoms with van der Waals surface area (Å²) in [5, 5.41) is 8.33. The molecule has 0 aliphatic carbocycles. The lowest BCUT2D eigenvalue weighted by atomic mass is 9.97. The van der Waals surface area contributed by atoms with Gasteiger partial charge < -0.3 is 23.2 Å². The van der Waals surface area contributed by atoms with E-state index in [1.807, 2.05) is 6.07 Å². The molecule has 2 aromatic rings. The number of hydrogen-bond acceptors (Lipinski definition) is 7. The third kappa shape index (κ3) is 3.46. The molecule has 7 heteroatoms. The SMILES string of the molecule is c1cc(-c2nnc(C3CCN(CCC4OCCO4)CC3)o2)co1. The Morgan fingerprint density at radius 2 is 1.96 bits per heavy atom. The Morgan fingerprint density at radius 3 is 2.70 bits per heavy atom. The van der Waals surface area contributed by atoms with E-state index in [2.05, 4.69) is 15.1 Å². The van der Waals surface area contributed by atoms with E-state index in [1.54, 1.807) is 12.5 Å². The molecule has 4 heterocycles. The normalized spacial score (nSPS) is 21.2. The van der Waals surface area contributed by atoms with Gasteiger partial charge >= 0.3 is 0 Å². The van der Waals surface area contributed by atoms with Gasteiger partial charge in [-0.05, 0) is 32.0 Å². The van der Waals surface area contributed by atoms with Crippen LogP contribution in [0.2, 0.25) is 0 Å². The first kappa shape index (κ1) is 14.9. The lowest BCUT2D eigenvalue weighted by Crippen LogP contribution is -2.35. The molecule has 124 valence electrons. The van der Waals surface area contributed by atoms with E-state index in [4.69, 9.17) is 18.3 Å². The Hall–Kier alpha value is -1.70. The van der Waals surface area contributed by atoms with Crippen molar-refractivity contribution in [2.75, 3.05) is 32.8 Å². The quantitative estimate of drug-likeness (QED) is 0.837. The Balaban J connectivity index is 1.27. The molecule has 0 unspecified atom stereocenters. The molecule has 23 heavy (non-hydrogen) atoms. The first-order chi connectivity index (χ1) is 11.4. The standard InChI is InChI=1S/C16H21N3O4/c1-5-19(7-3-14-21-9-10-22-14)6-2-12(1)15-17-18-16(23-15)13-4-8-20-11-13/h4,8,11-12,14H,1-3,5-7,9-10H2. The molecule has 2 aliphatic rings. The summed E-state index contributed by atoms with van der Waals surface area (Å²) < 4.78 is 21.8. The summed E-state index contributed by atoms with van der Waals surface area (Å²) in [5.74, 6) is 1.62. The highest BCUT2D eigenvalue weighted by Crippen LogP contribution is 2.29. The Labute approximate surface area is 134 Å². The molecular weight excluding hydrogens is 298 g/mol. The third-order valence-electron chi connectivity index (χ3n) is 4.52. The molecule has 2 saturated heterocycles. The van der Waals surface area contributed by atoms with Crippen LogP contribution in [0.4, 0.5) is 0 Å². The zero-order valence-electron chi connectivity index (χ0n) is 13.0. The molecule has 0 spiro atoms. The maximum atomic E-state index is 5.80. The van der Waals surface area contributed by atoms with Crippen LogP contribution < -0.4 is 0 Å². The van der Waals surface area contributed by atoms with Gasteiger partial charge in [0.15, 0.2) is 6.29 Å². The first-order valence-electron chi connectivity index (χ1n) is 8.20. The Morgan fingerprint density at radius 1 is 1.13 bits per heavy atom. The van der Waals surface area contributed by atoms with E-state index < -0.39 is 0 Å². The molecule has 0 N–H and O–H groups in total. The summed E-state index contributed by atoms with van der Waals surface area (Å²) in [7, 11) is 0. The summed E-state index contributed by atoms with van der Waals surface area (Å²) in [6.07, 6.45) is 6.23. The Bertz CT molecular complexity index is 599. The van der Waals surface area contributed by atoms with Crippen LogP contribution in [0.25, 0.3) is 11.5 Å². The van der Waals surface area contributed by atoms with Crippen molar-refractivity contribution < 1.29 is 18.3 Å². The molecule has 0 atom stereocenters. The Kier molecular flexibility index (Phi) is 4.41. The topological polar surface area (TPSA) is 73.8 Å². The number of piperidine rings is 1. The fourth-order valence-electron chi connectivity index (χ4n) is 3.17. The number of aromatic nitrogens is 2. The average Bonchev–Trinajstić information content (AvgIpc) is 3.35. The van der Waals surface area contributed by atoms with Crippen LogP contribution >= 0.6 is 0 Å². The van der Waals surface area contributed by atoms with Crippen molar-refractivity contribution in [2.24, 2.45) is 0 Å². The van der Waals surface area contributed by atoms with Crippen molar-refractivity contribution in [3.63, 3.8) is 0 Å². The van der Waals surface area contributed by atoms with Crippen LogP contribution in [0.5, 0.6) is 0 Å². The van der Waals surface area contributed by atoms with Gasteiger partial charge in [-0.3, -0.25) is 0 Å². The number of nitrogens with zero attached hydrogens (tertiary/aromatic N) is 3. The molecule has 0 bridgehead atoms. The molecule has 2 aromatic heterocycles. The van der Waals surface area contributed by atoms with Gasteiger partial charge in [0, 0.05) is 18.9 Å². The van der Waals surface area contributed by atoms with Crippen molar-refractivity contribution in [3.05, 3.63) is 24.5 Å². The van der Waals surface area contributed by atoms with Gasteiger partial charge in [0.2, 0.25) is 5.89 Å². The van der Waals surface area contributed by atoms with Crippen LogP contribution in [-0.2, 0) is 9.47 Å². The third-order valence-corrected chi connectivity index (χ3v) is 4.52. The van der Waals surface area contributed by atoms with Crippen LogP contribution in [0, 0.1) is 0 Å². The number of rotatable bonds is 5. The van der Waals surface area contributed by atoms with Crippen LogP contribution in [0.1, 0.15) is 31.1 Å². The first-order valence-corrected chi connectivity index (χ1v) is 8.20. The maximum absolute atomic E-state index is 5.80. The molecule has 0 saturated carbocycles. The lowest BCUT2D eigenvalue weighted by molar-refractivity contribution is -0.0524. The predicted octanol–water partition coefficient (Wildman–Crippen LogP) is 2.27. The molecule has 0 amide bonds. The van der Waals surface area contributed by atoms with Crippen LogP contribution in [0.3, 0.4) is 0 Å². The van der Waals surface area contributed by atoms with E-state index >= 15 is 0 Å². The molecule has 0 radical (unpaired) electrons. The van der Waals surface area contributed by atoms with E-state index in [9.17, 15) is 0 Å². The highest BCUT2D eigenvalue weighted by atomic mass is 16.7. The smallest absolute Gasteiger partial charge is 0.250 e. The number of likely N-dealkylation sites (tertiary alicyclic amines) is 1. The summed E-state index contributed by atoms with van der Waals surface area (Å²) in [4.78, 5) is 2.45. The minimum Gasteiger partial charge on any atom is -0.472 e. The van der Waals surface area contributed by atoms with Gasteiger partial charge in [-0.15, -0.1) is 10.2 Å². The van der Waals surface area contributed by atoms with Crippen molar-refractivity contribution >= 4 is 0 Å². The monoisotopic (exact) mass is 319 g/mol. The minimum atomic E-state index is -0.0128. The predicted molar refractivity (Wildman–Crippen MR) is 80.7 cm³/mol. The van der Waals surface area contributed by atoms with Crippen molar-refractivity contribution in [1.29, 1.82) is 0 Å². The van der Waals surface area contributed by atoms with Crippen LogP contribution in [-0.4, -0.2) is 54.2 Å². The lowest BCUT2D eigenvalue weighted by Gasteiger charge is -2.30. The number of furan rings is 1. The van der Waals surface area contributed by atoms with E-state index in [1.165, 1.54) is 0 Å². The zero-order chi connectivity index (χ0) is 15.5. The highest BCUT2D eigenvalue weighted by molar-refractivity contribution is 5.49. The number of hydrogen-bond donors (Lipinski definition) is 0. The van der Waals surface area contributed by atoms with Crippen LogP contribution in [0.15, 0.2) is 27.4 Å². The van der Waals surface area contributed by atoms with Gasteiger partial charge in [0.1, 0.15) is 6.26 Å². The van der Waals surface area contributed by atoms with Gasteiger partial charge in [0.05, 0.1) is 25.0 Å². The van der Waals surface area contributed by atoms with Gasteiger partial charge in [-0.1, -0.05) is 0 Å². The van der Waals surface area contributed by atoms with Crippen molar-refractivity contribution in [2.45, 2.75) is 31.5 Å². The van der Waals surface area contributed by atoms with Crippen molar-refractivity contribution in [3.8, 4) is 11.5 Å². The fraction of sp³-hybridized carbons (Fsp3) is 0.625. The summed E-state index contributed by atoms with van der Waals surface area (Å²) in [5.41, 5.74) is 0.831. The second-order valence-electron chi connectivity index (χ2n) is 6.03. The molecule has 4 rings (SSSR count). The molecule has 0 aromatic carbocycles. The van der Waals surface area contributed by atoms with Gasteiger partial charge in [-0.25, -0.2) is 0 Å². The second kappa shape index (κ2) is 6.82. The molecule has 2 fully saturated rings. The molecular formula is C16H21N3O4. The summed E-state index contributed by atoms with van der Waals surface area (Å²) in [6, 6.07) is 1.83. The minimum absolute atomic E-state index is 0.0128. The van der Waals surface area contributed by atoms with E-state index in [-0.39, 0.29) is 6.29 Å². The fourth-order valence-corrected chi connectivity index (χ4v) is 3.17. The van der Waals surface area contributed by atoms with E-state index in [0.717, 1.165) is 63.6 Å². The molecule has 2 aliphatic heterocycles. The highest BCUT2D eigenvalue weighted by Gasteiger charge is 2.26. The van der Waals surface area contributed by atoms with E-state index in [0.29, 0.717) is 11.8 Å².